The molecular formula is C10H15N5O3S. The van der Waals surface area contributed by atoms with Crippen LogP contribution in [0.25, 0.3) is 11.6 Å². The van der Waals surface area contributed by atoms with Gasteiger partial charge >= 0.3 is 0 Å². The zero-order chi connectivity index (χ0) is 14.4. The van der Waals surface area contributed by atoms with E-state index in [2.05, 4.69) is 15.2 Å². The van der Waals surface area contributed by atoms with E-state index in [1.54, 1.807) is 27.7 Å². The predicted octanol–water partition coefficient (Wildman–Crippen LogP) is 0.778. The lowest BCUT2D eigenvalue weighted by molar-refractivity contribution is 0.500. The molecule has 0 aliphatic rings. The summed E-state index contributed by atoms with van der Waals surface area (Å²) in [7, 11) is -3.94. The third-order valence-electron chi connectivity index (χ3n) is 2.54. The Morgan fingerprint density at radius 1 is 1.26 bits per heavy atom. The Kier molecular flexibility index (Phi) is 3.19. The fourth-order valence-corrected chi connectivity index (χ4v) is 2.56. The number of aromatic nitrogens is 4. The molecule has 19 heavy (non-hydrogen) atoms. The normalized spacial score (nSPS) is 12.3. The standard InChI is InChI=1S/C10H15N5O3S/c1-5(2)15-9(8-6(3)12-7(4)18-8)13-14-10(15)19(11,16)17/h5H,1-4H3,(H2,11,16,17). The first kappa shape index (κ1) is 13.7. The van der Waals surface area contributed by atoms with Crippen LogP contribution in [0.3, 0.4) is 0 Å². The summed E-state index contributed by atoms with van der Waals surface area (Å²) in [5, 5.41) is 12.4. The Morgan fingerprint density at radius 3 is 2.32 bits per heavy atom. The third-order valence-corrected chi connectivity index (χ3v) is 3.33. The van der Waals surface area contributed by atoms with E-state index in [0.717, 1.165) is 0 Å². The number of oxazole rings is 1. The first-order valence-corrected chi connectivity index (χ1v) is 7.18. The number of hydrogen-bond acceptors (Lipinski definition) is 6. The molecule has 104 valence electrons. The highest BCUT2D eigenvalue weighted by molar-refractivity contribution is 7.89. The summed E-state index contributed by atoms with van der Waals surface area (Å²) >= 11 is 0. The molecule has 0 aromatic carbocycles. The zero-order valence-corrected chi connectivity index (χ0v) is 11.9. The molecule has 0 amide bonds. The Labute approximate surface area is 110 Å². The van der Waals surface area contributed by atoms with Gasteiger partial charge in [0.25, 0.3) is 15.2 Å². The van der Waals surface area contributed by atoms with E-state index >= 15 is 0 Å². The highest BCUT2D eigenvalue weighted by Gasteiger charge is 2.26. The van der Waals surface area contributed by atoms with E-state index in [4.69, 9.17) is 9.56 Å². The van der Waals surface area contributed by atoms with Crippen LogP contribution in [0.1, 0.15) is 31.5 Å². The summed E-state index contributed by atoms with van der Waals surface area (Å²) in [6, 6.07) is -0.192. The molecule has 0 spiro atoms. The molecule has 2 N–H and O–H groups in total. The quantitative estimate of drug-likeness (QED) is 0.890. The molecule has 0 saturated heterocycles. The van der Waals surface area contributed by atoms with Crippen molar-refractivity contribution in [2.24, 2.45) is 5.14 Å². The fraction of sp³-hybridized carbons (Fsp3) is 0.500. The molecule has 0 saturated carbocycles. The molecule has 2 aromatic rings. The van der Waals surface area contributed by atoms with Crippen molar-refractivity contribution in [1.82, 2.24) is 19.7 Å². The lowest BCUT2D eigenvalue weighted by Crippen LogP contribution is -2.20. The first-order chi connectivity index (χ1) is 8.71. The second-order valence-corrected chi connectivity index (χ2v) is 5.92. The summed E-state index contributed by atoms with van der Waals surface area (Å²) in [6.07, 6.45) is 0. The van der Waals surface area contributed by atoms with Crippen LogP contribution in [-0.2, 0) is 10.0 Å². The molecule has 9 heteroatoms. The monoisotopic (exact) mass is 285 g/mol. The number of rotatable bonds is 3. The molecule has 2 rings (SSSR count). The van der Waals surface area contributed by atoms with Crippen molar-refractivity contribution in [1.29, 1.82) is 0 Å². The van der Waals surface area contributed by atoms with Crippen LogP contribution in [0.15, 0.2) is 9.57 Å². The topological polar surface area (TPSA) is 117 Å². The van der Waals surface area contributed by atoms with Crippen molar-refractivity contribution in [2.45, 2.75) is 38.9 Å². The van der Waals surface area contributed by atoms with Crippen LogP contribution in [0, 0.1) is 13.8 Å². The molecule has 0 atom stereocenters. The molecule has 2 aromatic heterocycles. The fourth-order valence-electron chi connectivity index (χ4n) is 1.83. The van der Waals surface area contributed by atoms with Crippen LogP contribution < -0.4 is 5.14 Å². The van der Waals surface area contributed by atoms with E-state index in [1.807, 2.05) is 0 Å². The van der Waals surface area contributed by atoms with E-state index < -0.39 is 10.0 Å². The van der Waals surface area contributed by atoms with Gasteiger partial charge in [-0.3, -0.25) is 4.57 Å². The van der Waals surface area contributed by atoms with Crippen molar-refractivity contribution in [3.63, 3.8) is 0 Å². The van der Waals surface area contributed by atoms with Gasteiger partial charge in [-0.1, -0.05) is 0 Å². The number of primary sulfonamides is 1. The summed E-state index contributed by atoms with van der Waals surface area (Å²) in [4.78, 5) is 4.13. The maximum absolute atomic E-state index is 11.5. The summed E-state index contributed by atoms with van der Waals surface area (Å²) in [5.74, 6) is 1.17. The maximum atomic E-state index is 11.5. The summed E-state index contributed by atoms with van der Waals surface area (Å²) in [6.45, 7) is 7.06. The van der Waals surface area contributed by atoms with Gasteiger partial charge in [-0.2, -0.15) is 0 Å². The Hall–Kier alpha value is -1.74. The first-order valence-electron chi connectivity index (χ1n) is 5.64. The molecule has 0 radical (unpaired) electrons. The Bertz CT molecular complexity index is 714. The molecular weight excluding hydrogens is 270 g/mol. The van der Waals surface area contributed by atoms with Gasteiger partial charge in [0, 0.05) is 13.0 Å². The van der Waals surface area contributed by atoms with Gasteiger partial charge in [-0.25, -0.2) is 18.5 Å². The maximum Gasteiger partial charge on any atom is 0.273 e. The minimum absolute atomic E-state index is 0.192. The lowest BCUT2D eigenvalue weighted by Gasteiger charge is -2.11. The zero-order valence-electron chi connectivity index (χ0n) is 11.1. The molecule has 0 aliphatic carbocycles. The van der Waals surface area contributed by atoms with Crippen LogP contribution in [0.4, 0.5) is 0 Å². The van der Waals surface area contributed by atoms with Gasteiger partial charge in [0.15, 0.2) is 11.7 Å². The molecule has 0 unspecified atom stereocenters. The van der Waals surface area contributed by atoms with Gasteiger partial charge < -0.3 is 4.42 Å². The minimum atomic E-state index is -3.94. The highest BCUT2D eigenvalue weighted by Crippen LogP contribution is 2.27. The second kappa shape index (κ2) is 4.42. The number of hydrogen-bond donors (Lipinski definition) is 1. The van der Waals surface area contributed by atoms with Crippen molar-refractivity contribution in [3.8, 4) is 11.6 Å². The molecule has 0 fully saturated rings. The van der Waals surface area contributed by atoms with Gasteiger partial charge in [-0.15, -0.1) is 10.2 Å². The van der Waals surface area contributed by atoms with Crippen LogP contribution in [-0.4, -0.2) is 28.2 Å². The van der Waals surface area contributed by atoms with Gasteiger partial charge in [0.05, 0.1) is 5.69 Å². The molecule has 0 bridgehead atoms. The largest absolute Gasteiger partial charge is 0.437 e. The molecule has 2 heterocycles. The van der Waals surface area contributed by atoms with Gasteiger partial charge in [-0.05, 0) is 20.8 Å². The van der Waals surface area contributed by atoms with E-state index in [9.17, 15) is 8.42 Å². The lowest BCUT2D eigenvalue weighted by atomic mass is 10.3. The van der Waals surface area contributed by atoms with E-state index in [-0.39, 0.29) is 11.2 Å². The second-order valence-electron chi connectivity index (χ2n) is 4.46. The average molecular weight is 285 g/mol. The van der Waals surface area contributed by atoms with Gasteiger partial charge in [0.2, 0.25) is 5.82 Å². The van der Waals surface area contributed by atoms with Crippen LogP contribution in [0.2, 0.25) is 0 Å². The van der Waals surface area contributed by atoms with Crippen LogP contribution >= 0.6 is 0 Å². The number of sulfonamides is 1. The molecule has 8 nitrogen and oxygen atoms in total. The Morgan fingerprint density at radius 2 is 1.89 bits per heavy atom. The molecule has 0 aliphatic heterocycles. The Balaban J connectivity index is 2.73. The van der Waals surface area contributed by atoms with Crippen LogP contribution in [0.5, 0.6) is 0 Å². The van der Waals surface area contributed by atoms with Crippen molar-refractivity contribution >= 4 is 10.0 Å². The van der Waals surface area contributed by atoms with E-state index in [1.165, 1.54) is 4.57 Å². The van der Waals surface area contributed by atoms with Crippen molar-refractivity contribution in [3.05, 3.63) is 11.6 Å². The minimum Gasteiger partial charge on any atom is -0.437 e. The van der Waals surface area contributed by atoms with Gasteiger partial charge in [0.1, 0.15) is 0 Å². The van der Waals surface area contributed by atoms with Crippen molar-refractivity contribution < 1.29 is 12.8 Å². The smallest absolute Gasteiger partial charge is 0.273 e. The third kappa shape index (κ3) is 2.38. The SMILES string of the molecule is Cc1nc(C)c(-c2nnc(S(N)(=O)=O)n2C(C)C)o1. The average Bonchev–Trinajstić information content (AvgIpc) is 2.80. The van der Waals surface area contributed by atoms with Crippen molar-refractivity contribution in [2.75, 3.05) is 0 Å². The summed E-state index contributed by atoms with van der Waals surface area (Å²) < 4.78 is 29.9. The van der Waals surface area contributed by atoms with E-state index in [0.29, 0.717) is 23.2 Å². The number of nitrogens with zero attached hydrogens (tertiary/aromatic N) is 4. The number of aryl methyl sites for hydroxylation is 2. The summed E-state index contributed by atoms with van der Waals surface area (Å²) in [5.41, 5.74) is 0.618. The predicted molar refractivity (Wildman–Crippen MR) is 66.8 cm³/mol. The number of nitrogens with two attached hydrogens (primary N) is 1. The highest BCUT2D eigenvalue weighted by atomic mass is 32.2.